The summed E-state index contributed by atoms with van der Waals surface area (Å²) in [4.78, 5) is 8.90. The summed E-state index contributed by atoms with van der Waals surface area (Å²) in [7, 11) is 0. The Hall–Kier alpha value is -0.820. The van der Waals surface area contributed by atoms with Gasteiger partial charge in [0.2, 0.25) is 0 Å². The number of hydrogen-bond donors (Lipinski definition) is 3. The molecule has 0 aromatic heterocycles. The van der Waals surface area contributed by atoms with Crippen LogP contribution in [0.3, 0.4) is 0 Å². The molecule has 0 unspecified atom stereocenters. The number of rotatable bonds is 4. The molecular weight excluding hydrogens is 201 g/mol. The fourth-order valence-electron chi connectivity index (χ4n) is 0.465. The van der Waals surface area contributed by atoms with Gasteiger partial charge in [0, 0.05) is 0 Å². The van der Waals surface area contributed by atoms with Gasteiger partial charge in [0.15, 0.2) is 0 Å². The van der Waals surface area contributed by atoms with Crippen LogP contribution in [0.4, 0.5) is 13.2 Å². The predicted molar refractivity (Wildman–Crippen MR) is 45.7 cm³/mol. The Morgan fingerprint density at radius 1 is 1.07 bits per heavy atom. The number of hydrogen-bond acceptors (Lipinski definition) is 3. The zero-order valence-electron chi connectivity index (χ0n) is 7.68. The van der Waals surface area contributed by atoms with Gasteiger partial charge in [-0.3, -0.25) is 0 Å². The van der Waals surface area contributed by atoms with E-state index in [4.69, 9.17) is 21.4 Å². The molecule has 0 atom stereocenters. The molecule has 0 rings (SSSR count). The van der Waals surface area contributed by atoms with Crippen molar-refractivity contribution in [3.8, 4) is 0 Å². The Kier molecular flexibility index (Phi) is 9.79. The van der Waals surface area contributed by atoms with Crippen LogP contribution in [0.1, 0.15) is 19.3 Å². The highest BCUT2D eigenvalue weighted by molar-refractivity contribution is 5.73. The highest BCUT2D eigenvalue weighted by Crippen LogP contribution is 2.13. The lowest BCUT2D eigenvalue weighted by Crippen LogP contribution is -2.21. The molecule has 4 nitrogen and oxygen atoms in total. The smallest absolute Gasteiger partial charge is 0.475 e. The molecule has 0 aromatic carbocycles. The number of carbonyl (C=O) groups is 1. The van der Waals surface area contributed by atoms with Crippen molar-refractivity contribution in [3.63, 3.8) is 0 Å². The molecule has 14 heavy (non-hydrogen) atoms. The van der Waals surface area contributed by atoms with E-state index in [9.17, 15) is 13.2 Å². The predicted octanol–water partition coefficient (Wildman–Crippen LogP) is 0.707. The molecule has 0 amide bonds. The van der Waals surface area contributed by atoms with Crippen LogP contribution in [-0.2, 0) is 4.79 Å². The minimum atomic E-state index is -5.08. The van der Waals surface area contributed by atoms with E-state index in [0.717, 1.165) is 25.9 Å². The first-order valence-corrected chi connectivity index (χ1v) is 4.06. The van der Waals surface area contributed by atoms with E-state index in [0.29, 0.717) is 0 Å². The average Bonchev–Trinajstić information content (AvgIpc) is 2.05. The highest BCUT2D eigenvalue weighted by Gasteiger charge is 2.38. The van der Waals surface area contributed by atoms with Crippen molar-refractivity contribution in [2.45, 2.75) is 25.4 Å². The Morgan fingerprint density at radius 2 is 1.36 bits per heavy atom. The lowest BCUT2D eigenvalue weighted by Gasteiger charge is -1.93. The first kappa shape index (κ1) is 15.6. The molecule has 0 saturated carbocycles. The molecule has 0 aliphatic rings. The lowest BCUT2D eigenvalue weighted by molar-refractivity contribution is -0.192. The monoisotopic (exact) mass is 216 g/mol. The summed E-state index contributed by atoms with van der Waals surface area (Å²) in [6.07, 6.45) is -1.65. The molecule has 5 N–H and O–H groups in total. The van der Waals surface area contributed by atoms with Gasteiger partial charge in [0.1, 0.15) is 0 Å². The van der Waals surface area contributed by atoms with Crippen LogP contribution < -0.4 is 11.5 Å². The fourth-order valence-corrected chi connectivity index (χ4v) is 0.465. The zero-order valence-corrected chi connectivity index (χ0v) is 7.68. The molecule has 0 spiro atoms. The van der Waals surface area contributed by atoms with Crippen LogP contribution in [0.15, 0.2) is 0 Å². The summed E-state index contributed by atoms with van der Waals surface area (Å²) in [5.41, 5.74) is 10.5. The molecule has 0 saturated heterocycles. The third-order valence-electron chi connectivity index (χ3n) is 1.15. The summed E-state index contributed by atoms with van der Waals surface area (Å²) in [5.74, 6) is -2.76. The Labute approximate surface area is 80.1 Å². The van der Waals surface area contributed by atoms with E-state index >= 15 is 0 Å². The molecule has 86 valence electrons. The third kappa shape index (κ3) is 13.7. The van der Waals surface area contributed by atoms with E-state index in [2.05, 4.69) is 0 Å². The molecule has 0 aliphatic carbocycles. The molecule has 0 radical (unpaired) electrons. The normalized spacial score (nSPS) is 10.4. The van der Waals surface area contributed by atoms with Gasteiger partial charge in [-0.15, -0.1) is 0 Å². The van der Waals surface area contributed by atoms with Crippen molar-refractivity contribution in [1.29, 1.82) is 0 Å². The van der Waals surface area contributed by atoms with Crippen LogP contribution >= 0.6 is 0 Å². The first-order valence-electron chi connectivity index (χ1n) is 4.06. The standard InChI is InChI=1S/C5H14N2.C2HF3O2/c6-4-2-1-3-5-7;3-2(4,5)1(6)7/h1-7H2;(H,6,7). The van der Waals surface area contributed by atoms with Gasteiger partial charge in [0.25, 0.3) is 0 Å². The van der Waals surface area contributed by atoms with Gasteiger partial charge in [-0.25, -0.2) is 4.79 Å². The Bertz CT molecular complexity index is 146. The van der Waals surface area contributed by atoms with Gasteiger partial charge < -0.3 is 16.6 Å². The van der Waals surface area contributed by atoms with Crippen molar-refractivity contribution in [2.75, 3.05) is 13.1 Å². The SMILES string of the molecule is NCCCCCN.O=C(O)C(F)(F)F. The number of carboxylic acids is 1. The summed E-state index contributed by atoms with van der Waals surface area (Å²) in [5, 5.41) is 7.12. The number of halogens is 3. The van der Waals surface area contributed by atoms with Crippen LogP contribution in [0, 0.1) is 0 Å². The van der Waals surface area contributed by atoms with E-state index < -0.39 is 12.1 Å². The number of nitrogens with two attached hydrogens (primary N) is 2. The van der Waals surface area contributed by atoms with Crippen molar-refractivity contribution in [2.24, 2.45) is 11.5 Å². The van der Waals surface area contributed by atoms with Crippen LogP contribution in [0.2, 0.25) is 0 Å². The first-order chi connectivity index (χ1) is 6.36. The third-order valence-corrected chi connectivity index (χ3v) is 1.15. The van der Waals surface area contributed by atoms with Crippen LogP contribution in [-0.4, -0.2) is 30.3 Å². The van der Waals surface area contributed by atoms with E-state index in [1.807, 2.05) is 0 Å². The van der Waals surface area contributed by atoms with Crippen molar-refractivity contribution < 1.29 is 23.1 Å². The molecule has 0 aromatic rings. The number of aliphatic carboxylic acids is 1. The van der Waals surface area contributed by atoms with E-state index in [1.165, 1.54) is 6.42 Å². The summed E-state index contributed by atoms with van der Waals surface area (Å²) < 4.78 is 31.7. The van der Waals surface area contributed by atoms with Gasteiger partial charge in [0.05, 0.1) is 0 Å². The zero-order chi connectivity index (χ0) is 11.6. The summed E-state index contributed by atoms with van der Waals surface area (Å²) in [6.45, 7) is 1.61. The second-order valence-corrected chi connectivity index (χ2v) is 2.44. The second kappa shape index (κ2) is 8.76. The van der Waals surface area contributed by atoms with E-state index in [1.54, 1.807) is 0 Å². The van der Waals surface area contributed by atoms with Crippen molar-refractivity contribution in [1.82, 2.24) is 0 Å². The number of unbranched alkanes of at least 4 members (excludes halogenated alkanes) is 2. The number of carboxylic acid groups (broad SMARTS) is 1. The molecule has 0 bridgehead atoms. The molecule has 7 heteroatoms. The van der Waals surface area contributed by atoms with Crippen LogP contribution in [0.25, 0.3) is 0 Å². The largest absolute Gasteiger partial charge is 0.490 e. The fraction of sp³-hybridized carbons (Fsp3) is 0.857. The maximum atomic E-state index is 10.6. The topological polar surface area (TPSA) is 89.3 Å². The van der Waals surface area contributed by atoms with Gasteiger partial charge >= 0.3 is 12.1 Å². The number of alkyl halides is 3. The Balaban J connectivity index is 0. The van der Waals surface area contributed by atoms with E-state index in [-0.39, 0.29) is 0 Å². The lowest BCUT2D eigenvalue weighted by atomic mass is 10.2. The van der Waals surface area contributed by atoms with Gasteiger partial charge in [-0.05, 0) is 25.9 Å². The Morgan fingerprint density at radius 3 is 1.50 bits per heavy atom. The molecular formula is C7H15F3N2O2. The van der Waals surface area contributed by atoms with Crippen LogP contribution in [0.5, 0.6) is 0 Å². The summed E-state index contributed by atoms with van der Waals surface area (Å²) in [6, 6.07) is 0. The highest BCUT2D eigenvalue weighted by atomic mass is 19.4. The average molecular weight is 216 g/mol. The summed E-state index contributed by atoms with van der Waals surface area (Å²) >= 11 is 0. The van der Waals surface area contributed by atoms with Crippen molar-refractivity contribution >= 4 is 5.97 Å². The van der Waals surface area contributed by atoms with Gasteiger partial charge in [-0.2, -0.15) is 13.2 Å². The molecule has 0 fully saturated rings. The molecule has 0 aliphatic heterocycles. The maximum Gasteiger partial charge on any atom is 0.490 e. The quantitative estimate of drug-likeness (QED) is 0.603. The maximum absolute atomic E-state index is 10.6. The molecule has 0 heterocycles. The minimum Gasteiger partial charge on any atom is -0.475 e. The van der Waals surface area contributed by atoms with Gasteiger partial charge in [-0.1, -0.05) is 6.42 Å². The second-order valence-electron chi connectivity index (χ2n) is 2.44. The van der Waals surface area contributed by atoms with Crippen molar-refractivity contribution in [3.05, 3.63) is 0 Å². The minimum absolute atomic E-state index is 0.806.